The van der Waals surface area contributed by atoms with Crippen LogP contribution >= 0.6 is 0 Å². The van der Waals surface area contributed by atoms with Gasteiger partial charge in [0.1, 0.15) is 11.5 Å². The van der Waals surface area contributed by atoms with Crippen LogP contribution < -0.4 is 14.8 Å². The lowest BCUT2D eigenvalue weighted by Crippen LogP contribution is -2.31. The van der Waals surface area contributed by atoms with E-state index in [9.17, 15) is 9.59 Å². The summed E-state index contributed by atoms with van der Waals surface area (Å²) in [5.74, 6) is 0.624. The van der Waals surface area contributed by atoms with E-state index in [2.05, 4.69) is 5.32 Å². The zero-order valence-electron chi connectivity index (χ0n) is 16.1. The summed E-state index contributed by atoms with van der Waals surface area (Å²) in [7, 11) is 4.45. The summed E-state index contributed by atoms with van der Waals surface area (Å²) >= 11 is 0. The second-order valence-corrected chi connectivity index (χ2v) is 6.17. The molecule has 0 fully saturated rings. The van der Waals surface area contributed by atoms with Gasteiger partial charge in [-0.15, -0.1) is 0 Å². The minimum atomic E-state index is -0.463. The molecule has 2 aromatic carbocycles. The SMILES string of the molecule is COC(=O)C[C@H](NC(=O)Cc1ccc(OC)cc1OC)c1ccc(C)cc1. The molecule has 0 aliphatic rings. The highest BCUT2D eigenvalue weighted by atomic mass is 16.5. The van der Waals surface area contributed by atoms with Crippen molar-refractivity contribution in [3.63, 3.8) is 0 Å². The third-order valence-corrected chi connectivity index (χ3v) is 4.26. The summed E-state index contributed by atoms with van der Waals surface area (Å²) in [6, 6.07) is 12.5. The largest absolute Gasteiger partial charge is 0.497 e. The Hall–Kier alpha value is -3.02. The van der Waals surface area contributed by atoms with Crippen molar-refractivity contribution >= 4 is 11.9 Å². The Labute approximate surface area is 159 Å². The Bertz CT molecular complexity index is 786. The Kier molecular flexibility index (Phi) is 7.23. The quantitative estimate of drug-likeness (QED) is 0.722. The van der Waals surface area contributed by atoms with E-state index in [1.807, 2.05) is 31.2 Å². The van der Waals surface area contributed by atoms with Crippen molar-refractivity contribution in [1.82, 2.24) is 5.32 Å². The minimum absolute atomic E-state index is 0.0606. The molecular formula is C21H25NO5. The van der Waals surface area contributed by atoms with E-state index in [1.54, 1.807) is 32.4 Å². The number of benzene rings is 2. The lowest BCUT2D eigenvalue weighted by Gasteiger charge is -2.19. The Morgan fingerprint density at radius 2 is 1.70 bits per heavy atom. The maximum absolute atomic E-state index is 12.6. The highest BCUT2D eigenvalue weighted by molar-refractivity contribution is 5.81. The van der Waals surface area contributed by atoms with Crippen molar-refractivity contribution in [3.05, 3.63) is 59.2 Å². The third-order valence-electron chi connectivity index (χ3n) is 4.26. The van der Waals surface area contributed by atoms with Crippen molar-refractivity contribution in [2.45, 2.75) is 25.8 Å². The molecule has 0 aliphatic heterocycles. The first-order valence-corrected chi connectivity index (χ1v) is 8.60. The van der Waals surface area contributed by atoms with Gasteiger partial charge in [0.15, 0.2) is 0 Å². The van der Waals surface area contributed by atoms with Gasteiger partial charge in [0, 0.05) is 11.6 Å². The Morgan fingerprint density at radius 3 is 2.30 bits per heavy atom. The molecule has 6 heteroatoms. The topological polar surface area (TPSA) is 73.9 Å². The number of carbonyl (C=O) groups excluding carboxylic acids is 2. The molecule has 1 amide bonds. The number of ether oxygens (including phenoxy) is 3. The van der Waals surface area contributed by atoms with Crippen LogP contribution in [0.25, 0.3) is 0 Å². The summed E-state index contributed by atoms with van der Waals surface area (Å²) in [5, 5.41) is 2.92. The zero-order chi connectivity index (χ0) is 19.8. The van der Waals surface area contributed by atoms with Gasteiger partial charge in [-0.1, -0.05) is 35.9 Å². The predicted molar refractivity (Wildman–Crippen MR) is 102 cm³/mol. The Morgan fingerprint density at radius 1 is 1.00 bits per heavy atom. The van der Waals surface area contributed by atoms with E-state index in [4.69, 9.17) is 14.2 Å². The zero-order valence-corrected chi connectivity index (χ0v) is 16.1. The van der Waals surface area contributed by atoms with Gasteiger partial charge in [0.25, 0.3) is 0 Å². The highest BCUT2D eigenvalue weighted by Crippen LogP contribution is 2.25. The van der Waals surface area contributed by atoms with Crippen LogP contribution in [0.1, 0.15) is 29.2 Å². The van der Waals surface area contributed by atoms with E-state index in [0.717, 1.165) is 16.7 Å². The second kappa shape index (κ2) is 9.62. The van der Waals surface area contributed by atoms with Gasteiger partial charge in [-0.2, -0.15) is 0 Å². The molecule has 0 saturated heterocycles. The van der Waals surface area contributed by atoms with Crippen molar-refractivity contribution in [3.8, 4) is 11.5 Å². The average molecular weight is 371 g/mol. The number of hydrogen-bond acceptors (Lipinski definition) is 5. The van der Waals surface area contributed by atoms with Crippen LogP contribution in [-0.2, 0) is 20.7 Å². The van der Waals surface area contributed by atoms with Crippen molar-refractivity contribution in [1.29, 1.82) is 0 Å². The van der Waals surface area contributed by atoms with Gasteiger partial charge in [-0.05, 0) is 18.6 Å². The van der Waals surface area contributed by atoms with Crippen LogP contribution in [0, 0.1) is 6.92 Å². The molecule has 0 radical (unpaired) electrons. The van der Waals surface area contributed by atoms with Crippen LogP contribution in [0.2, 0.25) is 0 Å². The van der Waals surface area contributed by atoms with Gasteiger partial charge in [0.2, 0.25) is 5.91 Å². The summed E-state index contributed by atoms with van der Waals surface area (Å²) in [6.45, 7) is 1.98. The van der Waals surface area contributed by atoms with E-state index in [0.29, 0.717) is 11.5 Å². The van der Waals surface area contributed by atoms with Crippen LogP contribution in [-0.4, -0.2) is 33.2 Å². The number of nitrogens with one attached hydrogen (secondary N) is 1. The molecule has 0 heterocycles. The van der Waals surface area contributed by atoms with Gasteiger partial charge >= 0.3 is 5.97 Å². The number of esters is 1. The number of hydrogen-bond donors (Lipinski definition) is 1. The maximum atomic E-state index is 12.6. The van der Waals surface area contributed by atoms with Gasteiger partial charge in [-0.3, -0.25) is 9.59 Å². The first kappa shape index (κ1) is 20.3. The lowest BCUT2D eigenvalue weighted by atomic mass is 10.0. The van der Waals surface area contributed by atoms with E-state index in [-0.39, 0.29) is 24.7 Å². The number of amides is 1. The molecule has 0 aromatic heterocycles. The first-order chi connectivity index (χ1) is 13.0. The second-order valence-electron chi connectivity index (χ2n) is 6.17. The molecule has 144 valence electrons. The standard InChI is InChI=1S/C21H25NO5/c1-14-5-7-15(8-6-14)18(13-21(24)27-4)22-20(23)11-16-9-10-17(25-2)12-19(16)26-3/h5-10,12,18H,11,13H2,1-4H3,(H,22,23)/t18-/m0/s1. The number of aryl methyl sites for hydroxylation is 1. The van der Waals surface area contributed by atoms with Crippen LogP contribution in [0.15, 0.2) is 42.5 Å². The molecule has 6 nitrogen and oxygen atoms in total. The first-order valence-electron chi connectivity index (χ1n) is 8.60. The summed E-state index contributed by atoms with van der Waals surface area (Å²) < 4.78 is 15.3. The molecule has 0 saturated carbocycles. The molecule has 0 unspecified atom stereocenters. The molecule has 1 atom stereocenters. The van der Waals surface area contributed by atoms with Crippen LogP contribution in [0.3, 0.4) is 0 Å². The lowest BCUT2D eigenvalue weighted by molar-refractivity contribution is -0.141. The highest BCUT2D eigenvalue weighted by Gasteiger charge is 2.20. The molecule has 0 bridgehead atoms. The Balaban J connectivity index is 2.15. The van der Waals surface area contributed by atoms with Crippen molar-refractivity contribution in [2.24, 2.45) is 0 Å². The molecule has 1 N–H and O–H groups in total. The van der Waals surface area contributed by atoms with Crippen molar-refractivity contribution < 1.29 is 23.8 Å². The number of methoxy groups -OCH3 is 3. The molecule has 27 heavy (non-hydrogen) atoms. The normalized spacial score (nSPS) is 11.4. The summed E-state index contributed by atoms with van der Waals surface area (Å²) in [4.78, 5) is 24.4. The van der Waals surface area contributed by atoms with Crippen LogP contribution in [0.4, 0.5) is 0 Å². The fourth-order valence-corrected chi connectivity index (χ4v) is 2.72. The van der Waals surface area contributed by atoms with Gasteiger partial charge in [0.05, 0.1) is 40.2 Å². The van der Waals surface area contributed by atoms with Gasteiger partial charge in [-0.25, -0.2) is 0 Å². The fourth-order valence-electron chi connectivity index (χ4n) is 2.72. The smallest absolute Gasteiger partial charge is 0.307 e. The third kappa shape index (κ3) is 5.74. The van der Waals surface area contributed by atoms with E-state index < -0.39 is 6.04 Å². The number of rotatable bonds is 8. The average Bonchev–Trinajstić information content (AvgIpc) is 2.68. The molecule has 2 rings (SSSR count). The minimum Gasteiger partial charge on any atom is -0.497 e. The van der Waals surface area contributed by atoms with E-state index in [1.165, 1.54) is 7.11 Å². The molecular weight excluding hydrogens is 346 g/mol. The predicted octanol–water partition coefficient (Wildman–Crippen LogP) is 2.98. The maximum Gasteiger partial charge on any atom is 0.307 e. The summed E-state index contributed by atoms with van der Waals surface area (Å²) in [5.41, 5.74) is 2.68. The van der Waals surface area contributed by atoms with Crippen LogP contribution in [0.5, 0.6) is 11.5 Å². The fraction of sp³-hybridized carbons (Fsp3) is 0.333. The number of carbonyl (C=O) groups is 2. The van der Waals surface area contributed by atoms with E-state index >= 15 is 0 Å². The summed E-state index contributed by atoms with van der Waals surface area (Å²) in [6.07, 6.45) is 0.182. The monoisotopic (exact) mass is 371 g/mol. The molecule has 0 aliphatic carbocycles. The molecule has 2 aromatic rings. The van der Waals surface area contributed by atoms with Crippen molar-refractivity contribution in [2.75, 3.05) is 21.3 Å². The van der Waals surface area contributed by atoms with Gasteiger partial charge < -0.3 is 19.5 Å². The molecule has 0 spiro atoms.